The molecule has 0 saturated carbocycles. The molecule has 106 valence electrons. The Morgan fingerprint density at radius 3 is 2.22 bits per heavy atom. The van der Waals surface area contributed by atoms with E-state index < -0.39 is 10.0 Å². The van der Waals surface area contributed by atoms with Gasteiger partial charge in [0.2, 0.25) is 10.0 Å². The van der Waals surface area contributed by atoms with Crippen molar-refractivity contribution in [1.29, 1.82) is 0 Å². The maximum absolute atomic E-state index is 12.4. The molecule has 0 bridgehead atoms. The van der Waals surface area contributed by atoms with Crippen LogP contribution in [0.3, 0.4) is 0 Å². The fraction of sp³-hybridized carbons (Fsp3) is 1.00. The summed E-state index contributed by atoms with van der Waals surface area (Å²) in [5.74, 6) is 0.242. The van der Waals surface area contributed by atoms with Crippen molar-refractivity contribution in [1.82, 2.24) is 4.31 Å². The van der Waals surface area contributed by atoms with Gasteiger partial charge >= 0.3 is 0 Å². The second-order valence-corrected chi connectivity index (χ2v) is 7.55. The van der Waals surface area contributed by atoms with Crippen molar-refractivity contribution in [3.63, 3.8) is 0 Å². The summed E-state index contributed by atoms with van der Waals surface area (Å²) in [6, 6.07) is 0. The zero-order valence-electron chi connectivity index (χ0n) is 10.9. The average Bonchev–Trinajstić information content (AvgIpc) is 2.40. The van der Waals surface area contributed by atoms with Crippen LogP contribution < -0.4 is 0 Å². The van der Waals surface area contributed by atoms with Gasteiger partial charge < -0.3 is 9.84 Å². The van der Waals surface area contributed by atoms with Crippen LogP contribution in [0.25, 0.3) is 0 Å². The van der Waals surface area contributed by atoms with Gasteiger partial charge in [-0.05, 0) is 38.5 Å². The molecule has 0 aromatic rings. The Morgan fingerprint density at radius 1 is 1.17 bits per heavy atom. The minimum absolute atomic E-state index is 0.242. The molecule has 0 spiro atoms. The Morgan fingerprint density at radius 2 is 1.72 bits per heavy atom. The van der Waals surface area contributed by atoms with E-state index in [0.717, 1.165) is 12.8 Å². The van der Waals surface area contributed by atoms with Crippen molar-refractivity contribution in [3.8, 4) is 0 Å². The highest BCUT2D eigenvalue weighted by atomic mass is 32.2. The first-order valence-electron chi connectivity index (χ1n) is 6.76. The predicted molar refractivity (Wildman–Crippen MR) is 68.7 cm³/mol. The van der Waals surface area contributed by atoms with Crippen molar-refractivity contribution in [2.75, 3.05) is 26.3 Å². The molecule has 2 fully saturated rings. The number of hydrogen-bond donors (Lipinski definition) is 1. The number of nitrogens with zero attached hydrogens (tertiary/aromatic N) is 1. The van der Waals surface area contributed by atoms with Gasteiger partial charge in [0.25, 0.3) is 0 Å². The highest BCUT2D eigenvalue weighted by molar-refractivity contribution is 7.89. The van der Waals surface area contributed by atoms with Crippen LogP contribution in [0.5, 0.6) is 0 Å². The van der Waals surface area contributed by atoms with Gasteiger partial charge in [-0.25, -0.2) is 12.7 Å². The number of piperidine rings is 1. The first-order chi connectivity index (χ1) is 8.51. The monoisotopic (exact) mass is 277 g/mol. The molecule has 0 radical (unpaired) electrons. The van der Waals surface area contributed by atoms with Gasteiger partial charge in [-0.2, -0.15) is 0 Å². The SMILES string of the molecule is CC(O)C1CCN(S(=O)(=O)C2CCOCC2)CC1. The molecule has 6 heteroatoms. The molecular formula is C12H23NO4S. The standard InChI is InChI=1S/C12H23NO4S/c1-10(14)11-2-6-13(7-3-11)18(15,16)12-4-8-17-9-5-12/h10-12,14H,2-9H2,1H3. The lowest BCUT2D eigenvalue weighted by Crippen LogP contribution is -2.46. The fourth-order valence-corrected chi connectivity index (χ4v) is 4.73. The zero-order chi connectivity index (χ0) is 13.2. The second kappa shape index (κ2) is 5.86. The first-order valence-corrected chi connectivity index (χ1v) is 8.27. The van der Waals surface area contributed by atoms with Gasteiger partial charge in [0, 0.05) is 26.3 Å². The molecular weight excluding hydrogens is 254 g/mol. The van der Waals surface area contributed by atoms with Crippen LogP contribution >= 0.6 is 0 Å². The van der Waals surface area contributed by atoms with Crippen LogP contribution in [-0.2, 0) is 14.8 Å². The summed E-state index contributed by atoms with van der Waals surface area (Å²) in [6.45, 7) is 3.99. The molecule has 0 aromatic heterocycles. The molecule has 0 aromatic carbocycles. The Hall–Kier alpha value is -0.170. The Bertz CT molecular complexity index is 354. The van der Waals surface area contributed by atoms with E-state index in [1.54, 1.807) is 11.2 Å². The minimum atomic E-state index is -3.16. The fourth-order valence-electron chi connectivity index (χ4n) is 2.80. The van der Waals surface area contributed by atoms with Crippen LogP contribution in [-0.4, -0.2) is 55.5 Å². The number of ether oxygens (including phenoxy) is 1. The third-order valence-electron chi connectivity index (χ3n) is 4.13. The third-order valence-corrected chi connectivity index (χ3v) is 6.53. The van der Waals surface area contributed by atoms with Crippen LogP contribution in [0.1, 0.15) is 32.6 Å². The largest absolute Gasteiger partial charge is 0.393 e. The molecule has 1 atom stereocenters. The first kappa shape index (κ1) is 14.2. The quantitative estimate of drug-likeness (QED) is 0.820. The molecule has 2 aliphatic heterocycles. The molecule has 1 unspecified atom stereocenters. The van der Waals surface area contributed by atoms with Gasteiger partial charge in [-0.3, -0.25) is 0 Å². The summed E-state index contributed by atoms with van der Waals surface area (Å²) in [5, 5.41) is 9.26. The normalized spacial score (nSPS) is 27.2. The molecule has 18 heavy (non-hydrogen) atoms. The Labute approximate surface area is 109 Å². The van der Waals surface area contributed by atoms with Crippen LogP contribution in [0.15, 0.2) is 0 Å². The molecule has 1 N–H and O–H groups in total. The van der Waals surface area contributed by atoms with E-state index in [-0.39, 0.29) is 17.3 Å². The third kappa shape index (κ3) is 3.04. The van der Waals surface area contributed by atoms with E-state index in [0.29, 0.717) is 39.1 Å². The predicted octanol–water partition coefficient (Wildman–Crippen LogP) is 0.588. The lowest BCUT2D eigenvalue weighted by Gasteiger charge is -2.35. The van der Waals surface area contributed by atoms with Crippen LogP contribution in [0.4, 0.5) is 0 Å². The van der Waals surface area contributed by atoms with Crippen LogP contribution in [0, 0.1) is 5.92 Å². The average molecular weight is 277 g/mol. The van der Waals surface area contributed by atoms with Gasteiger partial charge in [-0.1, -0.05) is 0 Å². The summed E-state index contributed by atoms with van der Waals surface area (Å²) >= 11 is 0. The van der Waals surface area contributed by atoms with E-state index >= 15 is 0 Å². The minimum Gasteiger partial charge on any atom is -0.393 e. The van der Waals surface area contributed by atoms with Gasteiger partial charge in [0.1, 0.15) is 0 Å². The van der Waals surface area contributed by atoms with Crippen molar-refractivity contribution in [2.24, 2.45) is 5.92 Å². The molecule has 5 nitrogen and oxygen atoms in total. The van der Waals surface area contributed by atoms with Crippen molar-refractivity contribution in [2.45, 2.75) is 44.0 Å². The number of hydrogen-bond acceptors (Lipinski definition) is 4. The summed E-state index contributed by atoms with van der Waals surface area (Å²) < 4.78 is 31.7. The van der Waals surface area contributed by atoms with E-state index in [9.17, 15) is 13.5 Å². The molecule has 2 aliphatic rings. The summed E-state index contributed by atoms with van der Waals surface area (Å²) in [6.07, 6.45) is 2.41. The maximum Gasteiger partial charge on any atom is 0.217 e. The Balaban J connectivity index is 1.95. The zero-order valence-corrected chi connectivity index (χ0v) is 11.7. The Kier molecular flexibility index (Phi) is 4.64. The maximum atomic E-state index is 12.4. The lowest BCUT2D eigenvalue weighted by atomic mass is 9.93. The molecule has 2 rings (SSSR count). The second-order valence-electron chi connectivity index (χ2n) is 5.33. The molecule has 0 amide bonds. The molecule has 2 heterocycles. The number of aliphatic hydroxyl groups excluding tert-OH is 1. The van der Waals surface area contributed by atoms with E-state index in [1.165, 1.54) is 0 Å². The smallest absolute Gasteiger partial charge is 0.217 e. The van der Waals surface area contributed by atoms with Gasteiger partial charge in [-0.15, -0.1) is 0 Å². The highest BCUT2D eigenvalue weighted by Gasteiger charge is 2.36. The summed E-state index contributed by atoms with van der Waals surface area (Å²) in [7, 11) is -3.16. The highest BCUT2D eigenvalue weighted by Crippen LogP contribution is 2.26. The van der Waals surface area contributed by atoms with E-state index in [2.05, 4.69) is 0 Å². The summed E-state index contributed by atoms with van der Waals surface area (Å²) in [5.41, 5.74) is 0. The van der Waals surface area contributed by atoms with Crippen molar-refractivity contribution < 1.29 is 18.3 Å². The number of sulfonamides is 1. The van der Waals surface area contributed by atoms with Gasteiger partial charge in [0.15, 0.2) is 0 Å². The number of rotatable bonds is 3. The number of aliphatic hydroxyl groups is 1. The lowest BCUT2D eigenvalue weighted by molar-refractivity contribution is 0.0867. The molecule has 2 saturated heterocycles. The van der Waals surface area contributed by atoms with Crippen molar-refractivity contribution >= 4 is 10.0 Å². The van der Waals surface area contributed by atoms with Crippen LogP contribution in [0.2, 0.25) is 0 Å². The van der Waals surface area contributed by atoms with E-state index in [4.69, 9.17) is 4.74 Å². The van der Waals surface area contributed by atoms with Crippen molar-refractivity contribution in [3.05, 3.63) is 0 Å². The van der Waals surface area contributed by atoms with E-state index in [1.807, 2.05) is 0 Å². The van der Waals surface area contributed by atoms with Gasteiger partial charge in [0.05, 0.1) is 11.4 Å². The molecule has 0 aliphatic carbocycles. The topological polar surface area (TPSA) is 66.8 Å². The summed E-state index contributed by atoms with van der Waals surface area (Å²) in [4.78, 5) is 0.